The zero-order chi connectivity index (χ0) is 27.0. The third-order valence-electron chi connectivity index (χ3n) is 4.45. The number of hydrogen-bond donors (Lipinski definition) is 0. The van der Waals surface area contributed by atoms with Crippen LogP contribution in [-0.2, 0) is 0 Å². The molecule has 3 aromatic rings. The summed E-state index contributed by atoms with van der Waals surface area (Å²) in [6.07, 6.45) is 0. The minimum Gasteiger partial charge on any atom is -0.860 e. The van der Waals surface area contributed by atoms with Crippen LogP contribution in [-0.4, -0.2) is 49.6 Å². The molecular formula is C24H28BF5N2O3. The van der Waals surface area contributed by atoms with Gasteiger partial charge < -0.3 is 14.7 Å². The Morgan fingerprint density at radius 2 is 0.829 bits per heavy atom. The quantitative estimate of drug-likeness (QED) is 0.183. The first-order valence-electron chi connectivity index (χ1n) is 10.3. The smallest absolute Gasteiger partial charge is 0.205 e. The van der Waals surface area contributed by atoms with Gasteiger partial charge in [0.05, 0.1) is 42.3 Å². The summed E-state index contributed by atoms with van der Waals surface area (Å²) >= 11 is 0. The van der Waals surface area contributed by atoms with Gasteiger partial charge in [0.1, 0.15) is 18.7 Å². The van der Waals surface area contributed by atoms with Crippen molar-refractivity contribution in [3.8, 4) is 5.75 Å². The monoisotopic (exact) mass is 498 g/mol. The Labute approximate surface area is 202 Å². The largest absolute Gasteiger partial charge is 0.860 e. The fraction of sp³-hybridized carbons (Fsp3) is 0.250. The second-order valence-electron chi connectivity index (χ2n) is 9.00. The highest BCUT2D eigenvalue weighted by Gasteiger charge is 2.26. The van der Waals surface area contributed by atoms with E-state index in [1.807, 2.05) is 12.1 Å². The maximum absolute atomic E-state index is 12.6. The van der Waals surface area contributed by atoms with E-state index in [0.29, 0.717) is 0 Å². The van der Waals surface area contributed by atoms with Gasteiger partial charge in [0.15, 0.2) is 5.75 Å². The third-order valence-corrected chi connectivity index (χ3v) is 4.45. The summed E-state index contributed by atoms with van der Waals surface area (Å²) in [5, 5.41) is 19.7. The molecule has 0 atom stereocenters. The van der Waals surface area contributed by atoms with Gasteiger partial charge in [0, 0.05) is 0 Å². The minimum absolute atomic E-state index is 0.890. The van der Waals surface area contributed by atoms with E-state index in [2.05, 4.69) is 95.5 Å². The average molecular weight is 498 g/mol. The summed E-state index contributed by atoms with van der Waals surface area (Å²) < 4.78 is 67.7. The van der Waals surface area contributed by atoms with Gasteiger partial charge in [-0.3, -0.25) is 8.97 Å². The molecule has 5 nitrogen and oxygen atoms in total. The molecule has 3 rings (SSSR count). The number of benzene rings is 3. The first kappa shape index (κ1) is 30.0. The van der Waals surface area contributed by atoms with Gasteiger partial charge in [-0.1, -0.05) is 36.4 Å². The number of quaternary nitrogens is 2. The fourth-order valence-corrected chi connectivity index (χ4v) is 2.53. The van der Waals surface area contributed by atoms with Crippen LogP contribution in [0.1, 0.15) is 0 Å². The van der Waals surface area contributed by atoms with E-state index in [0.717, 1.165) is 8.97 Å². The van der Waals surface area contributed by atoms with Crippen LogP contribution in [0.15, 0.2) is 60.7 Å². The molecule has 0 fully saturated rings. The number of rotatable bonds is 4. The van der Waals surface area contributed by atoms with E-state index in [4.69, 9.17) is 0 Å². The molecule has 0 amide bonds. The summed E-state index contributed by atoms with van der Waals surface area (Å²) in [6.45, 7) is 0. The van der Waals surface area contributed by atoms with Crippen molar-refractivity contribution in [2.75, 3.05) is 42.3 Å². The third kappa shape index (κ3) is 9.29. The van der Waals surface area contributed by atoms with Crippen LogP contribution in [0.2, 0.25) is 0 Å². The maximum Gasteiger partial charge on any atom is 0.205 e. The normalized spacial score (nSPS) is 11.0. The molecule has 3 aromatic carbocycles. The summed E-state index contributed by atoms with van der Waals surface area (Å²) in [5.41, 5.74) is 2.67. The van der Waals surface area contributed by atoms with Crippen LogP contribution in [0.3, 0.4) is 0 Å². The van der Waals surface area contributed by atoms with Crippen molar-refractivity contribution in [2.45, 2.75) is 0 Å². The van der Waals surface area contributed by atoms with Gasteiger partial charge in [0.25, 0.3) is 0 Å². The van der Waals surface area contributed by atoms with Crippen LogP contribution in [0, 0.1) is 29.1 Å². The summed E-state index contributed by atoms with van der Waals surface area (Å²) in [7, 11) is 9.78. The number of para-hydroxylation sites is 2. The van der Waals surface area contributed by atoms with Gasteiger partial charge in [-0.25, -0.2) is 13.2 Å². The van der Waals surface area contributed by atoms with E-state index < -0.39 is 42.2 Å². The topological polar surface area (TPSA) is 55.3 Å². The summed E-state index contributed by atoms with van der Waals surface area (Å²) in [5.74, 6) is -13.6. The van der Waals surface area contributed by atoms with Crippen molar-refractivity contribution < 1.29 is 36.7 Å². The number of halogens is 5. The van der Waals surface area contributed by atoms with Crippen molar-refractivity contribution >= 4 is 18.7 Å². The van der Waals surface area contributed by atoms with Crippen molar-refractivity contribution in [1.82, 2.24) is 8.97 Å². The maximum atomic E-state index is 12.6. The lowest BCUT2D eigenvalue weighted by molar-refractivity contribution is -0.372. The second-order valence-corrected chi connectivity index (χ2v) is 9.00. The Balaban J connectivity index is 0.000000271. The van der Waals surface area contributed by atoms with E-state index in [1.165, 1.54) is 11.4 Å². The molecule has 0 spiro atoms. The van der Waals surface area contributed by atoms with Crippen LogP contribution in [0.25, 0.3) is 0 Å². The highest BCUT2D eigenvalue weighted by atomic mass is 19.2. The number of hydrogen-bond acceptors (Lipinski definition) is 3. The van der Waals surface area contributed by atoms with E-state index in [-0.39, 0.29) is 0 Å². The SMILES string of the molecule is C[N+](C)(C)c1ccccc1.C[N+](C)(C)c1ccccc1.[O-]B([O-])Oc1c(F)c(F)c(F)c(F)c1F. The van der Waals surface area contributed by atoms with E-state index in [9.17, 15) is 32.0 Å². The Hall–Kier alpha value is -2.99. The highest BCUT2D eigenvalue weighted by Crippen LogP contribution is 2.28. The molecule has 0 radical (unpaired) electrons. The second kappa shape index (κ2) is 12.6. The summed E-state index contributed by atoms with van der Waals surface area (Å²) in [4.78, 5) is 0. The van der Waals surface area contributed by atoms with Gasteiger partial charge in [-0.05, 0) is 24.3 Å². The molecule has 0 bridgehead atoms. The predicted octanol–water partition coefficient (Wildman–Crippen LogP) is 3.23. The Bertz CT molecular complexity index is 996. The predicted molar refractivity (Wildman–Crippen MR) is 125 cm³/mol. The van der Waals surface area contributed by atoms with Crippen LogP contribution < -0.4 is 23.7 Å². The molecule has 35 heavy (non-hydrogen) atoms. The fourth-order valence-electron chi connectivity index (χ4n) is 2.53. The zero-order valence-electron chi connectivity index (χ0n) is 20.4. The van der Waals surface area contributed by atoms with E-state index >= 15 is 0 Å². The Morgan fingerprint density at radius 3 is 1.06 bits per heavy atom. The first-order chi connectivity index (χ1) is 16.1. The molecule has 0 N–H and O–H groups in total. The molecule has 11 heteroatoms. The average Bonchev–Trinajstić information content (AvgIpc) is 2.80. The lowest BCUT2D eigenvalue weighted by Crippen LogP contribution is -2.50. The van der Waals surface area contributed by atoms with Crippen LogP contribution in [0.5, 0.6) is 5.75 Å². The van der Waals surface area contributed by atoms with Crippen LogP contribution in [0.4, 0.5) is 33.3 Å². The highest BCUT2D eigenvalue weighted by molar-refractivity contribution is 6.29. The zero-order valence-corrected chi connectivity index (χ0v) is 20.4. The summed E-state index contributed by atoms with van der Waals surface area (Å²) in [6, 6.07) is 20.9. The Kier molecular flexibility index (Phi) is 10.9. The van der Waals surface area contributed by atoms with Crippen molar-refractivity contribution in [2.24, 2.45) is 0 Å². The molecule has 0 unspecified atom stereocenters. The number of nitrogens with zero attached hydrogens (tertiary/aromatic N) is 2. The van der Waals surface area contributed by atoms with Gasteiger partial charge in [0.2, 0.25) is 29.1 Å². The minimum atomic E-state index is -3.20. The standard InChI is InChI=1S/2C9H14N.C6BF5O3/c2*1-10(2,3)9-7-5-4-6-8-9;8-1-2(9)4(11)6(15-7(13)14)5(12)3(1)10/h2*4-8H,1-3H3;/q2*+1;-2. The molecule has 0 saturated heterocycles. The molecule has 190 valence electrons. The molecular weight excluding hydrogens is 470 g/mol. The molecule has 0 saturated carbocycles. The van der Waals surface area contributed by atoms with Crippen LogP contribution >= 0.6 is 0 Å². The molecule has 0 aliphatic rings. The molecule has 0 aliphatic carbocycles. The van der Waals surface area contributed by atoms with Crippen molar-refractivity contribution in [3.05, 3.63) is 89.7 Å². The Morgan fingerprint density at radius 1 is 0.543 bits per heavy atom. The van der Waals surface area contributed by atoms with Gasteiger partial charge in [-0.15, -0.1) is 0 Å². The molecule has 0 aromatic heterocycles. The first-order valence-corrected chi connectivity index (χ1v) is 10.3. The van der Waals surface area contributed by atoms with Gasteiger partial charge >= 0.3 is 0 Å². The lowest BCUT2D eigenvalue weighted by atomic mass is 10.2. The van der Waals surface area contributed by atoms with Crippen molar-refractivity contribution in [1.29, 1.82) is 0 Å². The van der Waals surface area contributed by atoms with Gasteiger partial charge in [-0.2, -0.15) is 8.78 Å². The van der Waals surface area contributed by atoms with E-state index in [1.54, 1.807) is 0 Å². The molecule has 0 heterocycles. The van der Waals surface area contributed by atoms with Crippen molar-refractivity contribution in [3.63, 3.8) is 0 Å². The lowest BCUT2D eigenvalue weighted by Gasteiger charge is -2.27. The molecule has 0 aliphatic heterocycles.